The van der Waals surface area contributed by atoms with E-state index in [1.165, 1.54) is 18.2 Å². The van der Waals surface area contributed by atoms with Crippen LogP contribution in [-0.4, -0.2) is 17.2 Å². The minimum Gasteiger partial charge on any atom is -0.490 e. The highest BCUT2D eigenvalue weighted by Crippen LogP contribution is 2.42. The molecule has 1 aliphatic carbocycles. The molecular weight excluding hydrogens is 377 g/mol. The number of benzene rings is 1. The highest BCUT2D eigenvalue weighted by Gasteiger charge is 2.37. The van der Waals surface area contributed by atoms with Crippen molar-refractivity contribution in [2.24, 2.45) is 5.92 Å². The minimum absolute atomic E-state index is 0.0411. The smallest absolute Gasteiger partial charge is 0.421 e. The van der Waals surface area contributed by atoms with Crippen molar-refractivity contribution in [2.75, 3.05) is 0 Å². The van der Waals surface area contributed by atoms with Gasteiger partial charge in [0.2, 0.25) is 0 Å². The van der Waals surface area contributed by atoms with Crippen LogP contribution in [0.2, 0.25) is 0 Å². The molecular formula is C16H16BrF3O3. The Balaban J connectivity index is 2.02. The Labute approximate surface area is 140 Å². The quantitative estimate of drug-likeness (QED) is 0.729. The van der Waals surface area contributed by atoms with E-state index in [2.05, 4.69) is 15.9 Å². The van der Waals surface area contributed by atoms with E-state index in [4.69, 9.17) is 9.84 Å². The van der Waals surface area contributed by atoms with Crippen molar-refractivity contribution in [3.8, 4) is 5.75 Å². The van der Waals surface area contributed by atoms with Gasteiger partial charge in [-0.25, -0.2) is 4.79 Å². The number of halogens is 4. The number of allylic oxidation sites excluding steroid dienone is 1. The lowest BCUT2D eigenvalue weighted by molar-refractivity contribution is -0.140. The fourth-order valence-electron chi connectivity index (χ4n) is 2.67. The van der Waals surface area contributed by atoms with E-state index in [-0.39, 0.29) is 22.2 Å². The van der Waals surface area contributed by atoms with Gasteiger partial charge in [-0.3, -0.25) is 0 Å². The summed E-state index contributed by atoms with van der Waals surface area (Å²) in [7, 11) is 0. The number of aliphatic carboxylic acids is 1. The zero-order valence-corrected chi connectivity index (χ0v) is 13.7. The third-order valence-corrected chi connectivity index (χ3v) is 4.44. The molecule has 0 aromatic heterocycles. The average molecular weight is 393 g/mol. The zero-order chi connectivity index (χ0) is 17.0. The average Bonchev–Trinajstić information content (AvgIpc) is 2.45. The number of alkyl halides is 3. The van der Waals surface area contributed by atoms with Crippen LogP contribution in [0, 0.1) is 5.92 Å². The van der Waals surface area contributed by atoms with E-state index in [1.54, 1.807) is 6.08 Å². The van der Waals surface area contributed by atoms with Crippen LogP contribution in [0.3, 0.4) is 0 Å². The predicted octanol–water partition coefficient (Wildman–Crippen LogP) is 5.05. The largest absolute Gasteiger partial charge is 0.490 e. The van der Waals surface area contributed by atoms with Gasteiger partial charge in [0.15, 0.2) is 0 Å². The van der Waals surface area contributed by atoms with E-state index in [1.807, 2.05) is 0 Å². The van der Waals surface area contributed by atoms with Gasteiger partial charge in [-0.05, 0) is 43.7 Å². The molecule has 2 rings (SSSR count). The van der Waals surface area contributed by atoms with Crippen molar-refractivity contribution < 1.29 is 27.8 Å². The predicted molar refractivity (Wildman–Crippen MR) is 82.3 cm³/mol. The van der Waals surface area contributed by atoms with Gasteiger partial charge in [0.25, 0.3) is 0 Å². The molecule has 0 unspecified atom stereocenters. The molecule has 0 saturated heterocycles. The standard InChI is InChI=1S/C16H16BrF3O3/c17-12-2-1-3-13(15(12)16(18,19)20)23-11-7-4-10(5-8-11)6-9-14(21)22/h1-3,6,9-11H,4-5,7-8H2,(H,21,22)/b9-6+. The van der Waals surface area contributed by atoms with Crippen LogP contribution in [-0.2, 0) is 11.0 Å². The van der Waals surface area contributed by atoms with Gasteiger partial charge >= 0.3 is 12.1 Å². The van der Waals surface area contributed by atoms with Gasteiger partial charge in [-0.15, -0.1) is 0 Å². The van der Waals surface area contributed by atoms with E-state index in [0.717, 1.165) is 6.08 Å². The maximum atomic E-state index is 13.1. The Hall–Kier alpha value is -1.50. The summed E-state index contributed by atoms with van der Waals surface area (Å²) in [6.45, 7) is 0. The third kappa shape index (κ3) is 4.99. The molecule has 7 heteroatoms. The molecule has 1 aromatic carbocycles. The van der Waals surface area contributed by atoms with Gasteiger partial charge < -0.3 is 9.84 Å². The molecule has 0 spiro atoms. The Kier molecular flexibility index (Phi) is 5.73. The summed E-state index contributed by atoms with van der Waals surface area (Å²) in [5.74, 6) is -1.03. The highest BCUT2D eigenvalue weighted by molar-refractivity contribution is 9.10. The van der Waals surface area contributed by atoms with Crippen molar-refractivity contribution in [1.82, 2.24) is 0 Å². The summed E-state index contributed by atoms with van der Waals surface area (Å²) in [5.41, 5.74) is -0.798. The van der Waals surface area contributed by atoms with E-state index in [9.17, 15) is 18.0 Å². The molecule has 0 heterocycles. The summed E-state index contributed by atoms with van der Waals surface area (Å²) < 4.78 is 44.9. The minimum atomic E-state index is -4.49. The Morgan fingerprint density at radius 2 is 1.91 bits per heavy atom. The molecule has 0 radical (unpaired) electrons. The second-order valence-electron chi connectivity index (χ2n) is 5.46. The van der Waals surface area contributed by atoms with Crippen LogP contribution >= 0.6 is 15.9 Å². The number of carboxylic acid groups (broad SMARTS) is 1. The SMILES string of the molecule is O=C(O)/C=C/C1CCC(Oc2cccc(Br)c2C(F)(F)F)CC1. The Bertz CT molecular complexity index is 591. The van der Waals surface area contributed by atoms with Crippen molar-refractivity contribution in [3.63, 3.8) is 0 Å². The third-order valence-electron chi connectivity index (χ3n) is 3.78. The van der Waals surface area contributed by atoms with Gasteiger partial charge in [-0.1, -0.05) is 28.1 Å². The van der Waals surface area contributed by atoms with Gasteiger partial charge in [0.1, 0.15) is 11.3 Å². The summed E-state index contributed by atoms with van der Waals surface area (Å²) >= 11 is 2.93. The molecule has 1 saturated carbocycles. The molecule has 0 atom stereocenters. The number of hydrogen-bond acceptors (Lipinski definition) is 2. The molecule has 0 aliphatic heterocycles. The first-order chi connectivity index (χ1) is 10.8. The van der Waals surface area contributed by atoms with Gasteiger partial charge in [0, 0.05) is 10.5 Å². The highest BCUT2D eigenvalue weighted by atomic mass is 79.9. The Morgan fingerprint density at radius 3 is 2.48 bits per heavy atom. The van der Waals surface area contributed by atoms with E-state index < -0.39 is 17.7 Å². The van der Waals surface area contributed by atoms with Crippen molar-refractivity contribution >= 4 is 21.9 Å². The molecule has 0 amide bonds. The van der Waals surface area contributed by atoms with Crippen LogP contribution in [0.4, 0.5) is 13.2 Å². The topological polar surface area (TPSA) is 46.5 Å². The van der Waals surface area contributed by atoms with Crippen molar-refractivity contribution in [1.29, 1.82) is 0 Å². The monoisotopic (exact) mass is 392 g/mol. The molecule has 1 N–H and O–H groups in total. The zero-order valence-electron chi connectivity index (χ0n) is 12.1. The lowest BCUT2D eigenvalue weighted by atomic mass is 9.87. The van der Waals surface area contributed by atoms with Crippen molar-refractivity contribution in [2.45, 2.75) is 38.0 Å². The second kappa shape index (κ2) is 7.38. The first-order valence-electron chi connectivity index (χ1n) is 7.21. The van der Waals surface area contributed by atoms with Crippen LogP contribution < -0.4 is 4.74 Å². The number of carbonyl (C=O) groups is 1. The van der Waals surface area contributed by atoms with Crippen LogP contribution in [0.1, 0.15) is 31.2 Å². The number of hydrogen-bond donors (Lipinski definition) is 1. The molecule has 1 fully saturated rings. The second-order valence-corrected chi connectivity index (χ2v) is 6.32. The first kappa shape index (κ1) is 17.8. The molecule has 3 nitrogen and oxygen atoms in total. The fraction of sp³-hybridized carbons (Fsp3) is 0.438. The van der Waals surface area contributed by atoms with Crippen LogP contribution in [0.15, 0.2) is 34.8 Å². The first-order valence-corrected chi connectivity index (χ1v) is 8.00. The van der Waals surface area contributed by atoms with Crippen LogP contribution in [0.5, 0.6) is 5.75 Å². The summed E-state index contributed by atoms with van der Waals surface area (Å²) in [4.78, 5) is 10.5. The lowest BCUT2D eigenvalue weighted by Crippen LogP contribution is -2.24. The maximum absolute atomic E-state index is 13.1. The molecule has 1 aromatic rings. The van der Waals surface area contributed by atoms with Crippen molar-refractivity contribution in [3.05, 3.63) is 40.4 Å². The summed E-state index contributed by atoms with van der Waals surface area (Å²) in [5, 5.41) is 8.60. The number of ether oxygens (including phenoxy) is 1. The molecule has 1 aliphatic rings. The lowest BCUT2D eigenvalue weighted by Gasteiger charge is -2.28. The fourth-order valence-corrected chi connectivity index (χ4v) is 3.25. The number of rotatable bonds is 4. The molecule has 126 valence electrons. The summed E-state index contributed by atoms with van der Waals surface area (Å²) in [6.07, 6.45) is 0.557. The number of carboxylic acids is 1. The van der Waals surface area contributed by atoms with Crippen LogP contribution in [0.25, 0.3) is 0 Å². The van der Waals surface area contributed by atoms with Gasteiger partial charge in [-0.2, -0.15) is 13.2 Å². The van der Waals surface area contributed by atoms with E-state index in [0.29, 0.717) is 25.7 Å². The maximum Gasteiger partial charge on any atom is 0.421 e. The molecule has 23 heavy (non-hydrogen) atoms. The van der Waals surface area contributed by atoms with E-state index >= 15 is 0 Å². The van der Waals surface area contributed by atoms with Gasteiger partial charge in [0.05, 0.1) is 6.10 Å². The Morgan fingerprint density at radius 1 is 1.26 bits per heavy atom. The molecule has 0 bridgehead atoms. The normalized spacial score (nSPS) is 22.3. The summed E-state index contributed by atoms with van der Waals surface area (Å²) in [6, 6.07) is 4.17.